The van der Waals surface area contributed by atoms with E-state index in [0.29, 0.717) is 0 Å². The molecule has 0 atom stereocenters. The van der Waals surface area contributed by atoms with E-state index in [2.05, 4.69) is 34.6 Å². The lowest BCUT2D eigenvalue weighted by atomic mass is 10.1. The second-order valence-electron chi connectivity index (χ2n) is 4.91. The first kappa shape index (κ1) is 18.2. The van der Waals surface area contributed by atoms with Crippen molar-refractivity contribution < 1.29 is 0 Å². The largest absolute Gasteiger partial charge is 0.356 e. The molecular formula is C13H26IN5. The van der Waals surface area contributed by atoms with Gasteiger partial charge < -0.3 is 10.6 Å². The summed E-state index contributed by atoms with van der Waals surface area (Å²) in [5, 5.41) is 10.7. The van der Waals surface area contributed by atoms with Gasteiger partial charge in [0, 0.05) is 38.9 Å². The molecule has 0 saturated carbocycles. The highest BCUT2D eigenvalue weighted by Crippen LogP contribution is 2.01. The van der Waals surface area contributed by atoms with E-state index in [1.807, 2.05) is 19.4 Å². The number of guanidine groups is 1. The standard InChI is InChI=1S/C13H25N5.HI/c1-11(2)6-5-7-15-13(14-3)16-8-12-9-17-18(4)10-12;/h9-11H,5-8H2,1-4H3,(H2,14,15,16);1H. The van der Waals surface area contributed by atoms with E-state index >= 15 is 0 Å². The summed E-state index contributed by atoms with van der Waals surface area (Å²) in [5.41, 5.74) is 1.16. The van der Waals surface area contributed by atoms with E-state index < -0.39 is 0 Å². The van der Waals surface area contributed by atoms with Crippen LogP contribution in [0.1, 0.15) is 32.3 Å². The van der Waals surface area contributed by atoms with Crippen LogP contribution in [0.15, 0.2) is 17.4 Å². The van der Waals surface area contributed by atoms with Crippen LogP contribution in [0.2, 0.25) is 0 Å². The van der Waals surface area contributed by atoms with Gasteiger partial charge in [0.1, 0.15) is 0 Å². The molecule has 0 spiro atoms. The normalized spacial score (nSPS) is 11.3. The Kier molecular flexibility index (Phi) is 9.63. The summed E-state index contributed by atoms with van der Waals surface area (Å²) in [5.74, 6) is 1.61. The zero-order valence-electron chi connectivity index (χ0n) is 12.3. The lowest BCUT2D eigenvalue weighted by molar-refractivity contribution is 0.549. The molecule has 0 unspecified atom stereocenters. The Balaban J connectivity index is 0.00000324. The van der Waals surface area contributed by atoms with E-state index in [1.54, 1.807) is 11.7 Å². The molecule has 0 aliphatic heterocycles. The average Bonchev–Trinajstić information content (AvgIpc) is 2.74. The number of nitrogens with zero attached hydrogens (tertiary/aromatic N) is 3. The van der Waals surface area contributed by atoms with Crippen molar-refractivity contribution in [2.75, 3.05) is 13.6 Å². The lowest BCUT2D eigenvalue weighted by Crippen LogP contribution is -2.37. The molecule has 0 bridgehead atoms. The summed E-state index contributed by atoms with van der Waals surface area (Å²) in [6.45, 7) is 6.20. The molecule has 19 heavy (non-hydrogen) atoms. The van der Waals surface area contributed by atoms with E-state index in [1.165, 1.54) is 12.8 Å². The Labute approximate surface area is 133 Å². The van der Waals surface area contributed by atoms with Crippen LogP contribution in [0.4, 0.5) is 0 Å². The lowest BCUT2D eigenvalue weighted by Gasteiger charge is -2.11. The van der Waals surface area contributed by atoms with Crippen molar-refractivity contribution in [2.45, 2.75) is 33.2 Å². The highest BCUT2D eigenvalue weighted by molar-refractivity contribution is 14.0. The summed E-state index contributed by atoms with van der Waals surface area (Å²) < 4.78 is 1.80. The van der Waals surface area contributed by atoms with Gasteiger partial charge >= 0.3 is 0 Å². The number of hydrogen-bond acceptors (Lipinski definition) is 2. The number of halogens is 1. The number of hydrogen-bond donors (Lipinski definition) is 2. The topological polar surface area (TPSA) is 54.2 Å². The Morgan fingerprint density at radius 3 is 2.68 bits per heavy atom. The van der Waals surface area contributed by atoms with Crippen molar-refractivity contribution >= 4 is 29.9 Å². The number of aromatic nitrogens is 2. The molecule has 1 heterocycles. The van der Waals surface area contributed by atoms with Gasteiger partial charge in [-0.05, 0) is 18.8 Å². The third-order valence-electron chi connectivity index (χ3n) is 2.69. The maximum absolute atomic E-state index is 4.19. The predicted octanol–water partition coefficient (Wildman–Crippen LogP) is 2.14. The monoisotopic (exact) mass is 379 g/mol. The van der Waals surface area contributed by atoms with Crippen molar-refractivity contribution in [3.8, 4) is 0 Å². The Morgan fingerprint density at radius 2 is 2.16 bits per heavy atom. The van der Waals surface area contributed by atoms with Crippen molar-refractivity contribution in [3.63, 3.8) is 0 Å². The number of aryl methyl sites for hydroxylation is 1. The smallest absolute Gasteiger partial charge is 0.191 e. The summed E-state index contributed by atoms with van der Waals surface area (Å²) in [4.78, 5) is 4.19. The van der Waals surface area contributed by atoms with Crippen LogP contribution in [-0.4, -0.2) is 29.3 Å². The molecule has 0 radical (unpaired) electrons. The van der Waals surface area contributed by atoms with Crippen molar-refractivity contribution in [1.29, 1.82) is 0 Å². The Hall–Kier alpha value is -0.790. The third kappa shape index (κ3) is 8.07. The molecule has 110 valence electrons. The van der Waals surface area contributed by atoms with Crippen LogP contribution in [-0.2, 0) is 13.6 Å². The zero-order chi connectivity index (χ0) is 13.4. The second-order valence-corrected chi connectivity index (χ2v) is 4.91. The van der Waals surface area contributed by atoms with Crippen LogP contribution >= 0.6 is 24.0 Å². The summed E-state index contributed by atoms with van der Waals surface area (Å²) in [6, 6.07) is 0. The maximum atomic E-state index is 4.19. The molecule has 0 aromatic carbocycles. The first-order valence-corrected chi connectivity index (χ1v) is 6.54. The summed E-state index contributed by atoms with van der Waals surface area (Å²) in [7, 11) is 3.71. The van der Waals surface area contributed by atoms with Gasteiger partial charge in [-0.15, -0.1) is 24.0 Å². The zero-order valence-corrected chi connectivity index (χ0v) is 14.6. The number of aliphatic imine (C=N–C) groups is 1. The Morgan fingerprint density at radius 1 is 1.42 bits per heavy atom. The van der Waals surface area contributed by atoms with E-state index in [9.17, 15) is 0 Å². The first-order valence-electron chi connectivity index (χ1n) is 6.54. The molecule has 2 N–H and O–H groups in total. The quantitative estimate of drug-likeness (QED) is 0.345. The summed E-state index contributed by atoms with van der Waals surface area (Å²) >= 11 is 0. The van der Waals surface area contributed by atoms with Gasteiger partial charge in [0.2, 0.25) is 0 Å². The number of nitrogens with one attached hydrogen (secondary N) is 2. The molecule has 0 aliphatic carbocycles. The second kappa shape index (κ2) is 10.1. The van der Waals surface area contributed by atoms with E-state index in [0.717, 1.165) is 30.5 Å². The van der Waals surface area contributed by atoms with Gasteiger partial charge in [-0.25, -0.2) is 0 Å². The molecule has 0 amide bonds. The van der Waals surface area contributed by atoms with Gasteiger partial charge in [-0.2, -0.15) is 5.10 Å². The van der Waals surface area contributed by atoms with Crippen LogP contribution < -0.4 is 10.6 Å². The molecule has 1 aromatic heterocycles. The molecule has 0 fully saturated rings. The van der Waals surface area contributed by atoms with Crippen molar-refractivity contribution in [3.05, 3.63) is 18.0 Å². The molecule has 5 nitrogen and oxygen atoms in total. The van der Waals surface area contributed by atoms with E-state index in [4.69, 9.17) is 0 Å². The molecule has 0 saturated heterocycles. The minimum absolute atomic E-state index is 0. The molecule has 0 aliphatic rings. The molecule has 6 heteroatoms. The highest BCUT2D eigenvalue weighted by atomic mass is 127. The molecule has 1 aromatic rings. The molecule has 1 rings (SSSR count). The van der Waals surface area contributed by atoms with Gasteiger partial charge in [0.25, 0.3) is 0 Å². The predicted molar refractivity (Wildman–Crippen MR) is 90.9 cm³/mol. The van der Waals surface area contributed by atoms with E-state index in [-0.39, 0.29) is 24.0 Å². The van der Waals surface area contributed by atoms with Crippen LogP contribution in [0.25, 0.3) is 0 Å². The van der Waals surface area contributed by atoms with Crippen LogP contribution in [0.5, 0.6) is 0 Å². The summed E-state index contributed by atoms with van der Waals surface area (Å²) in [6.07, 6.45) is 6.27. The highest BCUT2D eigenvalue weighted by Gasteiger charge is 2.00. The fourth-order valence-electron chi connectivity index (χ4n) is 1.69. The maximum Gasteiger partial charge on any atom is 0.191 e. The third-order valence-corrected chi connectivity index (χ3v) is 2.69. The fourth-order valence-corrected chi connectivity index (χ4v) is 1.69. The fraction of sp³-hybridized carbons (Fsp3) is 0.692. The van der Waals surface area contributed by atoms with Crippen molar-refractivity contribution in [1.82, 2.24) is 20.4 Å². The minimum Gasteiger partial charge on any atom is -0.356 e. The minimum atomic E-state index is 0. The van der Waals surface area contributed by atoms with Gasteiger partial charge in [0.15, 0.2) is 5.96 Å². The molecular weight excluding hydrogens is 353 g/mol. The van der Waals surface area contributed by atoms with Crippen LogP contribution in [0.3, 0.4) is 0 Å². The van der Waals surface area contributed by atoms with Gasteiger partial charge in [-0.3, -0.25) is 9.67 Å². The average molecular weight is 379 g/mol. The van der Waals surface area contributed by atoms with Crippen molar-refractivity contribution in [2.24, 2.45) is 18.0 Å². The number of rotatable bonds is 6. The Bertz CT molecular complexity index is 373. The first-order chi connectivity index (χ1) is 8.61. The van der Waals surface area contributed by atoms with Crippen LogP contribution in [0, 0.1) is 5.92 Å². The van der Waals surface area contributed by atoms with Gasteiger partial charge in [0.05, 0.1) is 6.20 Å². The SMILES string of the molecule is CN=C(NCCCC(C)C)NCc1cnn(C)c1.I. The van der Waals surface area contributed by atoms with Gasteiger partial charge in [-0.1, -0.05) is 13.8 Å².